The number of hydrogen-bond donors (Lipinski definition) is 2. The number of para-hydroxylation sites is 2. The molecular formula is C36H22Cl6N4O4. The summed E-state index contributed by atoms with van der Waals surface area (Å²) in [6.07, 6.45) is 0. The quantitative estimate of drug-likeness (QED) is 0.167. The summed E-state index contributed by atoms with van der Waals surface area (Å²) in [6, 6.07) is 24.2. The molecule has 0 radical (unpaired) electrons. The first-order valence-electron chi connectivity index (χ1n) is 14.9. The van der Waals surface area contributed by atoms with Crippen LogP contribution in [-0.4, -0.2) is 23.5 Å². The monoisotopic (exact) mass is 784 g/mol. The van der Waals surface area contributed by atoms with E-state index >= 15 is 0 Å². The Morgan fingerprint density at radius 1 is 0.460 bits per heavy atom. The van der Waals surface area contributed by atoms with E-state index in [-0.39, 0.29) is 75.6 Å². The van der Waals surface area contributed by atoms with Crippen molar-refractivity contribution in [1.29, 1.82) is 0 Å². The van der Waals surface area contributed by atoms with Crippen molar-refractivity contribution in [2.24, 2.45) is 9.98 Å². The van der Waals surface area contributed by atoms with Crippen LogP contribution in [0.4, 0.5) is 11.4 Å². The first kappa shape index (κ1) is 35.5. The fraction of sp³-hybridized carbons (Fsp3) is 0.0556. The van der Waals surface area contributed by atoms with E-state index in [1.807, 2.05) is 26.0 Å². The number of rotatable bonds is 6. The van der Waals surface area contributed by atoms with Gasteiger partial charge in [-0.15, -0.1) is 0 Å². The maximum absolute atomic E-state index is 13.0. The number of nitrogens with zero attached hydrogens (tertiary/aromatic N) is 2. The van der Waals surface area contributed by atoms with Gasteiger partial charge in [-0.2, -0.15) is 0 Å². The van der Waals surface area contributed by atoms with Crippen LogP contribution in [0.1, 0.15) is 45.7 Å². The lowest BCUT2D eigenvalue weighted by molar-refractivity contribution is 0.0974. The summed E-state index contributed by atoms with van der Waals surface area (Å²) < 4.78 is 11.7. The SMILES string of the molecule is CC.O=C1NC(=Nc2ccc(N=C3NC(=O)c4c(Cl)c(Oc5ccccc5)c(Cl)c(Cl)c43)cc2)c2c(Cl)c(Cl)c(Oc3ccccc3)c(Cl)c21. The van der Waals surface area contributed by atoms with Gasteiger partial charge in [0.2, 0.25) is 0 Å². The van der Waals surface area contributed by atoms with Crippen molar-refractivity contribution in [3.63, 3.8) is 0 Å². The Morgan fingerprint density at radius 2 is 0.800 bits per heavy atom. The molecule has 2 heterocycles. The second kappa shape index (κ2) is 14.9. The van der Waals surface area contributed by atoms with Gasteiger partial charge in [0.25, 0.3) is 11.8 Å². The van der Waals surface area contributed by atoms with Crippen LogP contribution >= 0.6 is 69.6 Å². The van der Waals surface area contributed by atoms with E-state index in [9.17, 15) is 9.59 Å². The van der Waals surface area contributed by atoms with Crippen molar-refractivity contribution >= 4 is 104 Å². The van der Waals surface area contributed by atoms with E-state index in [4.69, 9.17) is 79.1 Å². The van der Waals surface area contributed by atoms with Crippen LogP contribution in [0, 0.1) is 0 Å². The Hall–Kier alpha value is -4.28. The summed E-state index contributed by atoms with van der Waals surface area (Å²) in [6.45, 7) is 4.00. The number of amidine groups is 2. The summed E-state index contributed by atoms with van der Waals surface area (Å²) in [4.78, 5) is 35.1. The van der Waals surface area contributed by atoms with Gasteiger partial charge in [-0.3, -0.25) is 9.59 Å². The molecule has 0 unspecified atom stereocenters. The number of nitrogens with one attached hydrogen (secondary N) is 2. The molecule has 0 fully saturated rings. The summed E-state index contributed by atoms with van der Waals surface area (Å²) in [5.41, 5.74) is 1.54. The van der Waals surface area contributed by atoms with Gasteiger partial charge < -0.3 is 20.1 Å². The minimum atomic E-state index is -0.518. The van der Waals surface area contributed by atoms with Crippen LogP contribution < -0.4 is 20.1 Å². The van der Waals surface area contributed by atoms with Crippen LogP contribution in [0.15, 0.2) is 94.9 Å². The molecule has 0 saturated heterocycles. The minimum absolute atomic E-state index is 0.00589. The molecule has 0 aliphatic carbocycles. The third kappa shape index (κ3) is 6.63. The maximum atomic E-state index is 13.0. The first-order valence-corrected chi connectivity index (χ1v) is 17.2. The third-order valence-electron chi connectivity index (χ3n) is 7.21. The molecule has 2 aliphatic rings. The molecule has 5 aromatic carbocycles. The van der Waals surface area contributed by atoms with Crippen molar-refractivity contribution in [3.05, 3.63) is 137 Å². The summed E-state index contributed by atoms with van der Waals surface area (Å²) in [5.74, 6) is 0.290. The molecule has 0 bridgehead atoms. The highest BCUT2D eigenvalue weighted by atomic mass is 35.5. The number of carbonyl (C=O) groups excluding carboxylic acids is 2. The van der Waals surface area contributed by atoms with Gasteiger partial charge in [0.15, 0.2) is 11.5 Å². The van der Waals surface area contributed by atoms with Crippen molar-refractivity contribution < 1.29 is 19.1 Å². The minimum Gasteiger partial charge on any atom is -0.454 e. The number of ether oxygens (including phenoxy) is 2. The lowest BCUT2D eigenvalue weighted by atomic mass is 10.1. The topological polar surface area (TPSA) is 101 Å². The lowest BCUT2D eigenvalue weighted by Crippen LogP contribution is -2.21. The summed E-state index contributed by atoms with van der Waals surface area (Å²) >= 11 is 39.6. The van der Waals surface area contributed by atoms with E-state index in [2.05, 4.69) is 20.6 Å². The van der Waals surface area contributed by atoms with Gasteiger partial charge in [0.05, 0.1) is 53.7 Å². The largest absolute Gasteiger partial charge is 0.454 e. The lowest BCUT2D eigenvalue weighted by Gasteiger charge is -2.14. The van der Waals surface area contributed by atoms with Crippen molar-refractivity contribution in [1.82, 2.24) is 10.6 Å². The molecule has 0 atom stereocenters. The van der Waals surface area contributed by atoms with Crippen LogP contribution in [0.3, 0.4) is 0 Å². The number of carbonyl (C=O) groups is 2. The molecule has 0 aromatic heterocycles. The number of halogens is 6. The second-order valence-electron chi connectivity index (χ2n) is 10.2. The Morgan fingerprint density at radius 3 is 1.14 bits per heavy atom. The van der Waals surface area contributed by atoms with Gasteiger partial charge in [-0.05, 0) is 48.5 Å². The number of aliphatic imine (C=N–C) groups is 2. The summed E-state index contributed by atoms with van der Waals surface area (Å²) in [7, 11) is 0. The average Bonchev–Trinajstić information content (AvgIpc) is 3.64. The normalized spacial score (nSPS) is 14.5. The standard InChI is InChI=1S/C34H16Cl6N4O4.C2H6/c35-23-19-21(25(37)29(27(23)39)47-17-7-3-1-4-8-17)33(45)43-31(19)41-15-11-13-16(14-12-15)42-32-20-22(34(46)44-32)26(38)30(28(40)24(20)36)48-18-9-5-2-6-10-18;1-2/h1-14H,(H,41,43,45)(H,42,44,46);1-2H3. The van der Waals surface area contributed by atoms with Crippen LogP contribution in [0.25, 0.3) is 0 Å². The van der Waals surface area contributed by atoms with Gasteiger partial charge in [0, 0.05) is 0 Å². The van der Waals surface area contributed by atoms with Crippen molar-refractivity contribution in [2.45, 2.75) is 13.8 Å². The van der Waals surface area contributed by atoms with E-state index in [1.54, 1.807) is 72.8 Å². The smallest absolute Gasteiger partial charge is 0.259 e. The number of benzene rings is 5. The first-order chi connectivity index (χ1) is 24.1. The van der Waals surface area contributed by atoms with Crippen molar-refractivity contribution in [3.8, 4) is 23.0 Å². The molecule has 0 spiro atoms. The molecule has 14 heteroatoms. The van der Waals surface area contributed by atoms with Crippen LogP contribution in [-0.2, 0) is 0 Å². The predicted octanol–water partition coefficient (Wildman–Crippen LogP) is 11.9. The molecular weight excluding hydrogens is 765 g/mol. The summed E-state index contributed by atoms with van der Waals surface area (Å²) in [5, 5.41) is 5.52. The van der Waals surface area contributed by atoms with E-state index in [0.717, 1.165) is 0 Å². The molecule has 50 heavy (non-hydrogen) atoms. The van der Waals surface area contributed by atoms with Gasteiger partial charge in [-0.1, -0.05) is 120 Å². The predicted molar refractivity (Wildman–Crippen MR) is 201 cm³/mol. The Balaban J connectivity index is 0.00000212. The zero-order valence-corrected chi connectivity index (χ0v) is 30.4. The molecule has 7 rings (SSSR count). The molecule has 2 amide bonds. The molecule has 0 saturated carbocycles. The van der Waals surface area contributed by atoms with Gasteiger partial charge >= 0.3 is 0 Å². The third-order valence-corrected chi connectivity index (χ3v) is 9.60. The number of fused-ring (bicyclic) bond motifs is 2. The van der Waals surface area contributed by atoms with Crippen molar-refractivity contribution in [2.75, 3.05) is 0 Å². The highest BCUT2D eigenvalue weighted by molar-refractivity contribution is 6.51. The zero-order valence-electron chi connectivity index (χ0n) is 25.9. The maximum Gasteiger partial charge on any atom is 0.259 e. The Labute approximate surface area is 316 Å². The highest BCUT2D eigenvalue weighted by Crippen LogP contribution is 2.48. The van der Waals surface area contributed by atoms with Gasteiger partial charge in [0.1, 0.15) is 33.2 Å². The van der Waals surface area contributed by atoms with Gasteiger partial charge in [-0.25, -0.2) is 9.98 Å². The Bertz CT molecular complexity index is 2070. The molecule has 5 aromatic rings. The number of hydrogen-bond acceptors (Lipinski definition) is 6. The molecule has 2 N–H and O–H groups in total. The second-order valence-corrected chi connectivity index (χ2v) is 12.5. The average molecular weight is 787 g/mol. The highest BCUT2D eigenvalue weighted by Gasteiger charge is 2.37. The molecule has 8 nitrogen and oxygen atoms in total. The van der Waals surface area contributed by atoms with E-state index < -0.39 is 11.8 Å². The molecule has 252 valence electrons. The number of amides is 2. The Kier molecular flexibility index (Phi) is 10.6. The van der Waals surface area contributed by atoms with E-state index in [1.165, 1.54) is 0 Å². The van der Waals surface area contributed by atoms with Crippen LogP contribution in [0.5, 0.6) is 23.0 Å². The fourth-order valence-corrected chi connectivity index (χ4v) is 6.75. The van der Waals surface area contributed by atoms with Crippen LogP contribution in [0.2, 0.25) is 30.1 Å². The zero-order chi connectivity index (χ0) is 35.7. The van der Waals surface area contributed by atoms with E-state index in [0.29, 0.717) is 22.9 Å². The fourth-order valence-electron chi connectivity index (χ4n) is 5.03. The molecule has 2 aliphatic heterocycles.